The molecule has 0 saturated heterocycles. The number of hydrogen-bond donors (Lipinski definition) is 2. The van der Waals surface area contributed by atoms with Gasteiger partial charge in [0.15, 0.2) is 0 Å². The highest BCUT2D eigenvalue weighted by molar-refractivity contribution is 7.03. The van der Waals surface area contributed by atoms with E-state index in [0.29, 0.717) is 6.42 Å². The lowest BCUT2D eigenvalue weighted by Gasteiger charge is -2.10. The van der Waals surface area contributed by atoms with Gasteiger partial charge in [0.1, 0.15) is 0 Å². The predicted molar refractivity (Wildman–Crippen MR) is 54.7 cm³/mol. The van der Waals surface area contributed by atoms with Crippen LogP contribution in [0.3, 0.4) is 0 Å². The van der Waals surface area contributed by atoms with Crippen molar-refractivity contribution in [3.8, 4) is 0 Å². The molecule has 0 fully saturated rings. The second-order valence-corrected chi connectivity index (χ2v) is 3.75. The molecule has 0 aliphatic heterocycles. The number of hydrazine groups is 1. The van der Waals surface area contributed by atoms with Crippen LogP contribution in [-0.2, 0) is 13.5 Å². The molecule has 0 saturated carbocycles. The molecule has 2 heterocycles. The highest BCUT2D eigenvalue weighted by atomic mass is 32.1. The lowest BCUT2D eigenvalue weighted by molar-refractivity contribution is 0.531. The number of aryl methyl sites for hydroxylation is 1. The Balaban J connectivity index is 2.09. The predicted octanol–water partition coefficient (Wildman–Crippen LogP) is -0.586. The van der Waals surface area contributed by atoms with Gasteiger partial charge in [0.05, 0.1) is 17.4 Å². The Kier molecular flexibility index (Phi) is 2.99. The summed E-state index contributed by atoms with van der Waals surface area (Å²) in [6.07, 6.45) is 2.50. The van der Waals surface area contributed by atoms with Gasteiger partial charge in [-0.1, -0.05) is 9.70 Å². The summed E-state index contributed by atoms with van der Waals surface area (Å²) in [6.45, 7) is 0. The minimum Gasteiger partial charge on any atom is -0.271 e. The number of nitrogens with zero attached hydrogens (tertiary/aromatic N) is 5. The molecular weight excluding hydrogens is 214 g/mol. The summed E-state index contributed by atoms with van der Waals surface area (Å²) >= 11 is 1.30. The van der Waals surface area contributed by atoms with Crippen LogP contribution in [0.5, 0.6) is 0 Å². The normalized spacial score (nSPS) is 12.9. The van der Waals surface area contributed by atoms with Gasteiger partial charge < -0.3 is 0 Å². The van der Waals surface area contributed by atoms with Crippen molar-refractivity contribution in [1.29, 1.82) is 0 Å². The lowest BCUT2D eigenvalue weighted by atomic mass is 10.1. The van der Waals surface area contributed by atoms with Gasteiger partial charge in [-0.2, -0.15) is 0 Å². The topological polar surface area (TPSA) is 94.5 Å². The Morgan fingerprint density at radius 3 is 3.00 bits per heavy atom. The van der Waals surface area contributed by atoms with E-state index >= 15 is 0 Å². The van der Waals surface area contributed by atoms with Crippen LogP contribution in [0, 0.1) is 0 Å². The summed E-state index contributed by atoms with van der Waals surface area (Å²) in [5.41, 5.74) is 4.39. The average Bonchev–Trinajstić information content (AvgIpc) is 2.85. The zero-order valence-electron chi connectivity index (χ0n) is 8.16. The zero-order chi connectivity index (χ0) is 10.7. The molecule has 15 heavy (non-hydrogen) atoms. The second-order valence-electron chi connectivity index (χ2n) is 3.14. The van der Waals surface area contributed by atoms with E-state index in [4.69, 9.17) is 5.84 Å². The quantitative estimate of drug-likeness (QED) is 0.533. The van der Waals surface area contributed by atoms with Crippen LogP contribution in [0.2, 0.25) is 0 Å². The first-order valence-corrected chi connectivity index (χ1v) is 5.21. The fraction of sp³-hybridized carbons (Fsp3) is 0.429. The molecule has 1 atom stereocenters. The Morgan fingerprint density at radius 2 is 2.47 bits per heavy atom. The van der Waals surface area contributed by atoms with E-state index in [0.717, 1.165) is 11.4 Å². The molecule has 0 radical (unpaired) electrons. The van der Waals surface area contributed by atoms with Gasteiger partial charge in [0.2, 0.25) is 0 Å². The summed E-state index contributed by atoms with van der Waals surface area (Å²) in [4.78, 5) is 0. The van der Waals surface area contributed by atoms with Crippen molar-refractivity contribution < 1.29 is 0 Å². The molecule has 0 amide bonds. The van der Waals surface area contributed by atoms with Crippen LogP contribution < -0.4 is 11.3 Å². The van der Waals surface area contributed by atoms with Crippen LogP contribution in [0.1, 0.15) is 17.4 Å². The fourth-order valence-electron chi connectivity index (χ4n) is 1.27. The van der Waals surface area contributed by atoms with Crippen molar-refractivity contribution in [2.45, 2.75) is 12.5 Å². The van der Waals surface area contributed by atoms with E-state index in [-0.39, 0.29) is 6.04 Å². The van der Waals surface area contributed by atoms with E-state index in [1.54, 1.807) is 4.68 Å². The molecule has 1 unspecified atom stereocenters. The summed E-state index contributed by atoms with van der Waals surface area (Å²) in [6, 6.07) is -0.0690. The maximum absolute atomic E-state index is 5.45. The maximum atomic E-state index is 5.45. The largest absolute Gasteiger partial charge is 0.271 e. The van der Waals surface area contributed by atoms with Gasteiger partial charge >= 0.3 is 0 Å². The molecule has 80 valence electrons. The van der Waals surface area contributed by atoms with Gasteiger partial charge in [-0.25, -0.2) is 0 Å². The van der Waals surface area contributed by atoms with Crippen molar-refractivity contribution in [2.75, 3.05) is 0 Å². The zero-order valence-corrected chi connectivity index (χ0v) is 8.98. The summed E-state index contributed by atoms with van der Waals surface area (Å²) in [5, 5.41) is 13.7. The highest BCUT2D eigenvalue weighted by Crippen LogP contribution is 2.14. The molecule has 8 heteroatoms. The number of nitrogens with two attached hydrogens (primary N) is 1. The van der Waals surface area contributed by atoms with Crippen molar-refractivity contribution in [3.05, 3.63) is 23.0 Å². The van der Waals surface area contributed by atoms with E-state index in [1.165, 1.54) is 11.5 Å². The van der Waals surface area contributed by atoms with Gasteiger partial charge in [0, 0.05) is 25.0 Å². The molecule has 0 aliphatic rings. The van der Waals surface area contributed by atoms with Gasteiger partial charge in [-0.3, -0.25) is 16.0 Å². The number of aromatic nitrogens is 5. The molecule has 2 aromatic heterocycles. The van der Waals surface area contributed by atoms with Crippen LogP contribution in [0.15, 0.2) is 11.6 Å². The van der Waals surface area contributed by atoms with Gasteiger partial charge in [-0.05, 0) is 11.5 Å². The molecule has 3 N–H and O–H groups in total. The first-order chi connectivity index (χ1) is 7.29. The molecule has 0 aliphatic carbocycles. The molecule has 2 rings (SSSR count). The molecular formula is C7H11N7S. The van der Waals surface area contributed by atoms with Gasteiger partial charge in [0.25, 0.3) is 0 Å². The summed E-state index contributed by atoms with van der Waals surface area (Å²) < 4.78 is 5.45. The number of nitrogens with one attached hydrogen (secondary N) is 1. The monoisotopic (exact) mass is 225 g/mol. The minimum atomic E-state index is -0.0690. The van der Waals surface area contributed by atoms with E-state index < -0.39 is 0 Å². The Labute approximate surface area is 90.4 Å². The summed E-state index contributed by atoms with van der Waals surface area (Å²) in [5.74, 6) is 5.45. The Hall–Kier alpha value is -1.38. The van der Waals surface area contributed by atoms with Crippen molar-refractivity contribution in [2.24, 2.45) is 12.9 Å². The number of hydrogen-bond acceptors (Lipinski definition) is 7. The number of rotatable bonds is 4. The Bertz CT molecular complexity index is 409. The van der Waals surface area contributed by atoms with Crippen LogP contribution in [0.25, 0.3) is 0 Å². The second kappa shape index (κ2) is 4.43. The third-order valence-electron chi connectivity index (χ3n) is 2.00. The van der Waals surface area contributed by atoms with E-state index in [2.05, 4.69) is 25.3 Å². The van der Waals surface area contributed by atoms with Crippen molar-refractivity contribution in [3.63, 3.8) is 0 Å². The minimum absolute atomic E-state index is 0.0690. The highest BCUT2D eigenvalue weighted by Gasteiger charge is 2.14. The maximum Gasteiger partial charge on any atom is 0.0942 e. The third kappa shape index (κ3) is 2.35. The van der Waals surface area contributed by atoms with Gasteiger partial charge in [-0.15, -0.1) is 10.2 Å². The fourth-order valence-corrected chi connectivity index (χ4v) is 1.78. The van der Waals surface area contributed by atoms with E-state index in [9.17, 15) is 0 Å². The lowest BCUT2D eigenvalue weighted by Crippen LogP contribution is -2.30. The van der Waals surface area contributed by atoms with Crippen LogP contribution >= 0.6 is 11.5 Å². The summed E-state index contributed by atoms with van der Waals surface area (Å²) in [7, 11) is 1.83. The third-order valence-corrected chi connectivity index (χ3v) is 2.52. The first-order valence-electron chi connectivity index (χ1n) is 4.38. The van der Waals surface area contributed by atoms with Crippen molar-refractivity contribution >= 4 is 11.5 Å². The molecule has 2 aromatic rings. The van der Waals surface area contributed by atoms with E-state index in [1.807, 2.05) is 18.6 Å². The van der Waals surface area contributed by atoms with Crippen molar-refractivity contribution in [1.82, 2.24) is 30.0 Å². The smallest absolute Gasteiger partial charge is 0.0942 e. The SMILES string of the molecule is Cn1cc(CC(NN)c2csnn2)nn1. The average molecular weight is 225 g/mol. The molecule has 7 nitrogen and oxygen atoms in total. The Morgan fingerprint density at radius 1 is 1.60 bits per heavy atom. The van der Waals surface area contributed by atoms with Crippen LogP contribution in [-0.4, -0.2) is 24.6 Å². The molecule has 0 aromatic carbocycles. The standard InChI is InChI=1S/C7H11N7S/c1-14-3-5(10-12-14)2-6(9-8)7-4-15-13-11-7/h3-4,6,9H,2,8H2,1H3. The molecule has 0 bridgehead atoms. The molecule has 0 spiro atoms. The first kappa shape index (κ1) is 10.1. The van der Waals surface area contributed by atoms with Crippen LogP contribution in [0.4, 0.5) is 0 Å².